The van der Waals surface area contributed by atoms with Crippen LogP contribution in [0.3, 0.4) is 0 Å². The molecule has 0 aliphatic carbocycles. The third kappa shape index (κ3) is 14.3. The lowest BCUT2D eigenvalue weighted by molar-refractivity contribution is -0.150. The molecule has 21 heteroatoms. The largest absolute Gasteiger partial charge is 0.364 e. The van der Waals surface area contributed by atoms with E-state index in [-0.39, 0.29) is 88.9 Å². The average Bonchev–Trinajstić information content (AvgIpc) is 2.10. The number of amides is 10. The Morgan fingerprint density at radius 2 is 0.899 bits per heavy atom. The molecular formula is C68H97N11O10. The zero-order chi connectivity index (χ0) is 64.2. The fraction of sp³-hybridized carbons (Fsp3) is 0.647. The predicted octanol–water partition coefficient (Wildman–Crippen LogP) is 5.07. The van der Waals surface area contributed by atoms with Crippen LogP contribution in [0.25, 0.3) is 0 Å². The minimum atomic E-state index is -1.20. The second-order valence-corrected chi connectivity index (χ2v) is 28.0. The van der Waals surface area contributed by atoms with E-state index in [1.54, 1.807) is 4.90 Å². The first-order chi connectivity index (χ1) is 42.4. The molecule has 0 aromatic heterocycles. The maximum Gasteiger partial charge on any atom is 0.247 e. The Labute approximate surface area is 525 Å². The van der Waals surface area contributed by atoms with Crippen LogP contribution in [0.15, 0.2) is 66.2 Å². The van der Waals surface area contributed by atoms with Crippen LogP contribution < -0.4 is 31.9 Å². The van der Waals surface area contributed by atoms with Crippen LogP contribution >= 0.6 is 0 Å². The molecule has 2 aromatic rings. The van der Waals surface area contributed by atoms with Crippen LogP contribution in [0.4, 0.5) is 5.69 Å². The summed E-state index contributed by atoms with van der Waals surface area (Å²) in [5.41, 5.74) is 2.69. The number of benzene rings is 2. The van der Waals surface area contributed by atoms with Gasteiger partial charge in [0.05, 0.1) is 0 Å². The van der Waals surface area contributed by atoms with Crippen molar-refractivity contribution in [2.45, 2.75) is 231 Å². The lowest BCUT2D eigenvalue weighted by atomic mass is 9.75. The van der Waals surface area contributed by atoms with E-state index in [9.17, 15) is 24.0 Å². The second kappa shape index (κ2) is 28.2. The Hall–Kier alpha value is -7.32. The molecular weight excluding hydrogens is 1130 g/mol. The number of para-hydroxylation sites is 1. The van der Waals surface area contributed by atoms with Crippen LogP contribution in [0.5, 0.6) is 0 Å². The van der Waals surface area contributed by atoms with Crippen LogP contribution in [-0.2, 0) is 59.8 Å². The Bertz CT molecular complexity index is 3020. The fourth-order valence-corrected chi connectivity index (χ4v) is 15.0. The number of nitrogens with one attached hydrogen (secondary N) is 6. The molecule has 0 bridgehead atoms. The summed E-state index contributed by atoms with van der Waals surface area (Å²) < 4.78 is 0. The maximum atomic E-state index is 16.0. The van der Waals surface area contributed by atoms with Crippen molar-refractivity contribution in [3.05, 3.63) is 77.4 Å². The van der Waals surface area contributed by atoms with Crippen molar-refractivity contribution >= 4 is 64.8 Å². The van der Waals surface area contributed by atoms with Crippen molar-refractivity contribution < 1.29 is 47.9 Å². The van der Waals surface area contributed by atoms with Crippen molar-refractivity contribution in [2.75, 3.05) is 31.5 Å². The molecule has 484 valence electrons. The van der Waals surface area contributed by atoms with Crippen molar-refractivity contribution in [1.29, 1.82) is 0 Å². The number of allylic oxidation sites excluding steroid dienone is 2. The summed E-state index contributed by atoms with van der Waals surface area (Å²) in [6, 6.07) is 6.28. The van der Waals surface area contributed by atoms with Crippen LogP contribution in [0.2, 0.25) is 0 Å². The molecule has 7 heterocycles. The molecule has 2 aromatic carbocycles. The predicted molar refractivity (Wildman–Crippen MR) is 337 cm³/mol. The fourth-order valence-electron chi connectivity index (χ4n) is 15.0. The Morgan fingerprint density at radius 1 is 0.472 bits per heavy atom. The first kappa shape index (κ1) is 66.1. The van der Waals surface area contributed by atoms with Gasteiger partial charge < -0.3 is 56.4 Å². The Balaban J connectivity index is 1.11. The topological polar surface area (TPSA) is 259 Å². The number of fused-ring (bicyclic) bond motifs is 9. The van der Waals surface area contributed by atoms with Crippen LogP contribution in [0, 0.1) is 23.7 Å². The van der Waals surface area contributed by atoms with Gasteiger partial charge in [0, 0.05) is 43.7 Å². The first-order valence-corrected chi connectivity index (χ1v) is 33.0. The average molecular weight is 1230 g/mol. The number of nitrogens with zero attached hydrogens (tertiary/aromatic N) is 5. The maximum absolute atomic E-state index is 16.0. The molecule has 0 radical (unpaired) electrons. The van der Waals surface area contributed by atoms with Gasteiger partial charge in [-0.1, -0.05) is 116 Å². The van der Waals surface area contributed by atoms with Gasteiger partial charge in [-0.2, -0.15) is 0 Å². The summed E-state index contributed by atoms with van der Waals surface area (Å²) in [5, 5.41) is 18.8. The lowest BCUT2D eigenvalue weighted by Crippen LogP contribution is -2.62. The van der Waals surface area contributed by atoms with Crippen LogP contribution in [0.1, 0.15) is 164 Å². The smallest absolute Gasteiger partial charge is 0.247 e. The molecule has 10 amide bonds. The van der Waals surface area contributed by atoms with Crippen molar-refractivity contribution in [3.63, 3.8) is 0 Å². The van der Waals surface area contributed by atoms with Gasteiger partial charge in [0.25, 0.3) is 0 Å². The van der Waals surface area contributed by atoms with Gasteiger partial charge in [0.1, 0.15) is 66.6 Å². The highest BCUT2D eigenvalue weighted by atomic mass is 16.2. The number of hydrogen-bond acceptors (Lipinski definition) is 11. The molecule has 0 unspecified atom stereocenters. The summed E-state index contributed by atoms with van der Waals surface area (Å²) in [5.74, 6) is -5.89. The Kier molecular flexibility index (Phi) is 21.0. The van der Waals surface area contributed by atoms with E-state index < -0.39 is 137 Å². The first-order valence-electron chi connectivity index (χ1n) is 33.0. The molecule has 0 spiro atoms. The van der Waals surface area contributed by atoms with E-state index in [1.165, 1.54) is 19.6 Å². The second-order valence-electron chi connectivity index (χ2n) is 28.0. The van der Waals surface area contributed by atoms with Gasteiger partial charge in [-0.15, -0.1) is 0 Å². The summed E-state index contributed by atoms with van der Waals surface area (Å²) in [6.45, 7) is 20.1. The van der Waals surface area contributed by atoms with Gasteiger partial charge >= 0.3 is 0 Å². The van der Waals surface area contributed by atoms with Gasteiger partial charge in [-0.3, -0.25) is 47.9 Å². The molecule has 7 aliphatic rings. The lowest BCUT2D eigenvalue weighted by Gasteiger charge is -2.38. The monoisotopic (exact) mass is 1230 g/mol. The normalized spacial score (nSPS) is 30.3. The molecule has 12 atom stereocenters. The standard InChI is InChI=1S/C68H97N11O10/c1-39(2)28-29-68-38-55-61(84)69-47(34-40(3)4)57(80)70-50(37-44-20-12-11-13-21-44)64(87)76-31-17-25-52(76)59(82)71-48(35-41(5)6)62(85)75-30-16-24-51(75)58(81)72-49(36-42(7)8)63(86)77-32-18-26-53(77)60(83)74-56(43(9)10)66(89)78-33-19-27-54(78)65(88)79(55)67(68)73-46-23-15-14-22-45(46)68/h11-15,20-23,28,40-43,47-56,67,73H,16-19,24-27,29-38H2,1-10H3,(H,69,84)(H,70,80)(H,71,82)(H,72,81)(H,74,83)/t47-,48-,49-,50-,51-,52-,53-,54-,55-,56-,67-,68-/m0/s1. The minimum Gasteiger partial charge on any atom is -0.364 e. The molecule has 89 heavy (non-hydrogen) atoms. The number of carbonyl (C=O) groups excluding carboxylic acids is 10. The quantitative estimate of drug-likeness (QED) is 0.162. The zero-order valence-corrected chi connectivity index (χ0v) is 54.0. The van der Waals surface area contributed by atoms with Gasteiger partial charge in [0.15, 0.2) is 0 Å². The van der Waals surface area contributed by atoms with Gasteiger partial charge in [-0.05, 0) is 138 Å². The zero-order valence-electron chi connectivity index (χ0n) is 54.0. The third-order valence-corrected chi connectivity index (χ3v) is 19.3. The number of anilines is 1. The SMILES string of the molecule is CC(C)=CC[C@@]12C[C@H]3C(=O)N[C@@H](CC(C)C)C(=O)N[C@@H](Cc4ccccc4)C(=O)N4CCC[C@H]4C(=O)N[C@@H](CC(C)C)C(=O)N4CCC[C@H]4C(=O)N[C@@H](CC(C)C)C(=O)N4CCC[C@H]4C(=O)N[C@@H](C(C)C)C(=O)N4CCC[C@H]4C(=O)N3[C@@H]1Nc1ccccc12. The van der Waals surface area contributed by atoms with E-state index in [1.807, 2.05) is 124 Å². The number of carbonyl (C=O) groups is 10. The van der Waals surface area contributed by atoms with Crippen molar-refractivity contribution in [2.24, 2.45) is 23.7 Å². The van der Waals surface area contributed by atoms with E-state index in [0.717, 1.165) is 22.4 Å². The highest BCUT2D eigenvalue weighted by molar-refractivity contribution is 6.01. The molecule has 7 aliphatic heterocycles. The van der Waals surface area contributed by atoms with Crippen LogP contribution in [-0.4, -0.2) is 176 Å². The summed E-state index contributed by atoms with van der Waals surface area (Å²) in [7, 11) is 0. The molecule has 0 saturated carbocycles. The minimum absolute atomic E-state index is 0.0518. The van der Waals surface area contributed by atoms with Gasteiger partial charge in [0.2, 0.25) is 59.1 Å². The Morgan fingerprint density at radius 3 is 1.40 bits per heavy atom. The van der Waals surface area contributed by atoms with E-state index >= 15 is 24.0 Å². The molecule has 6 saturated heterocycles. The van der Waals surface area contributed by atoms with Gasteiger partial charge in [-0.25, -0.2) is 0 Å². The van der Waals surface area contributed by atoms with Crippen molar-refractivity contribution in [3.8, 4) is 0 Å². The summed E-state index contributed by atoms with van der Waals surface area (Å²) in [4.78, 5) is 159. The molecule has 21 nitrogen and oxygen atoms in total. The third-order valence-electron chi connectivity index (χ3n) is 19.3. The number of hydrogen-bond donors (Lipinski definition) is 6. The molecule has 6 N–H and O–H groups in total. The van der Waals surface area contributed by atoms with E-state index in [2.05, 4.69) is 38.0 Å². The van der Waals surface area contributed by atoms with E-state index in [4.69, 9.17) is 0 Å². The molecule has 9 rings (SSSR count). The highest BCUT2D eigenvalue weighted by Crippen LogP contribution is 2.54. The summed E-state index contributed by atoms with van der Waals surface area (Å²) in [6.07, 6.45) is 5.77. The van der Waals surface area contributed by atoms with Crippen molar-refractivity contribution in [1.82, 2.24) is 51.1 Å². The highest BCUT2D eigenvalue weighted by Gasteiger charge is 2.62. The number of rotatable bonds is 11. The molecule has 6 fully saturated rings. The summed E-state index contributed by atoms with van der Waals surface area (Å²) >= 11 is 0. The van der Waals surface area contributed by atoms with E-state index in [0.29, 0.717) is 44.9 Å².